The van der Waals surface area contributed by atoms with E-state index in [1.807, 2.05) is 19.1 Å². The first kappa shape index (κ1) is 14.4. The molecule has 0 aliphatic heterocycles. The maximum Gasteiger partial charge on any atom is 0.309 e. The molecule has 0 saturated heterocycles. The number of aliphatic hydroxyl groups is 1. The van der Waals surface area contributed by atoms with Crippen molar-refractivity contribution in [2.24, 2.45) is 5.92 Å². The van der Waals surface area contributed by atoms with E-state index in [1.54, 1.807) is 19.1 Å². The number of hydrogen-bond acceptors (Lipinski definition) is 2. The summed E-state index contributed by atoms with van der Waals surface area (Å²) in [5.74, 6) is -1.72. The Kier molecular flexibility index (Phi) is 4.94. The molecule has 0 amide bonds. The van der Waals surface area contributed by atoms with E-state index in [1.165, 1.54) is 0 Å². The average molecular weight is 348 g/mol. The first-order chi connectivity index (χ1) is 7.89. The van der Waals surface area contributed by atoms with Gasteiger partial charge in [-0.25, -0.2) is 0 Å². The first-order valence-corrected chi connectivity index (χ1v) is 6.68. The highest BCUT2D eigenvalue weighted by atomic mass is 127. The Labute approximate surface area is 115 Å². The number of hydrogen-bond donors (Lipinski definition) is 2. The van der Waals surface area contributed by atoms with Crippen molar-refractivity contribution < 1.29 is 15.0 Å². The van der Waals surface area contributed by atoms with E-state index in [2.05, 4.69) is 22.6 Å². The van der Waals surface area contributed by atoms with Gasteiger partial charge in [0, 0.05) is 3.57 Å². The van der Waals surface area contributed by atoms with Crippen molar-refractivity contribution >= 4 is 28.6 Å². The van der Waals surface area contributed by atoms with E-state index in [0.29, 0.717) is 12.0 Å². The van der Waals surface area contributed by atoms with Gasteiger partial charge in [0.15, 0.2) is 0 Å². The fraction of sp³-hybridized carbons (Fsp3) is 0.462. The van der Waals surface area contributed by atoms with Crippen molar-refractivity contribution in [3.63, 3.8) is 0 Å². The Morgan fingerprint density at radius 1 is 1.41 bits per heavy atom. The topological polar surface area (TPSA) is 57.5 Å². The first-order valence-electron chi connectivity index (χ1n) is 5.60. The summed E-state index contributed by atoms with van der Waals surface area (Å²) in [4.78, 5) is 11.2. The molecular formula is C13H17IO3. The lowest BCUT2D eigenvalue weighted by Gasteiger charge is -2.30. The van der Waals surface area contributed by atoms with Crippen LogP contribution in [0.2, 0.25) is 0 Å². The van der Waals surface area contributed by atoms with Crippen LogP contribution in [0, 0.1) is 9.49 Å². The zero-order chi connectivity index (χ0) is 13.1. The minimum Gasteiger partial charge on any atom is -0.481 e. The smallest absolute Gasteiger partial charge is 0.309 e. The number of aliphatic carboxylic acids is 1. The molecule has 2 N–H and O–H groups in total. The van der Waals surface area contributed by atoms with Gasteiger partial charge < -0.3 is 10.2 Å². The summed E-state index contributed by atoms with van der Waals surface area (Å²) >= 11 is 2.17. The third-order valence-corrected chi connectivity index (χ3v) is 3.70. The lowest BCUT2D eigenvalue weighted by Crippen LogP contribution is -2.37. The maximum atomic E-state index is 11.2. The van der Waals surface area contributed by atoms with E-state index < -0.39 is 17.5 Å². The number of carboxylic acid groups (broad SMARTS) is 1. The molecule has 1 aromatic carbocycles. The minimum atomic E-state index is -1.33. The van der Waals surface area contributed by atoms with Crippen molar-refractivity contribution in [3.8, 4) is 0 Å². The number of rotatable bonds is 5. The van der Waals surface area contributed by atoms with Crippen LogP contribution >= 0.6 is 22.6 Å². The van der Waals surface area contributed by atoms with Crippen LogP contribution < -0.4 is 0 Å². The average Bonchev–Trinajstić information content (AvgIpc) is 2.25. The van der Waals surface area contributed by atoms with Crippen LogP contribution in [0.5, 0.6) is 0 Å². The second-order valence-corrected chi connectivity index (χ2v) is 5.58. The van der Waals surface area contributed by atoms with Crippen molar-refractivity contribution in [1.82, 2.24) is 0 Å². The summed E-state index contributed by atoms with van der Waals surface area (Å²) in [5.41, 5.74) is -0.676. The second kappa shape index (κ2) is 5.82. The molecular weight excluding hydrogens is 331 g/mol. The van der Waals surface area contributed by atoms with Gasteiger partial charge in [-0.3, -0.25) is 4.79 Å². The molecule has 0 saturated carbocycles. The third kappa shape index (κ3) is 3.42. The Bertz CT molecular complexity index is 384. The van der Waals surface area contributed by atoms with Crippen LogP contribution in [-0.2, 0) is 10.4 Å². The van der Waals surface area contributed by atoms with Gasteiger partial charge in [-0.05, 0) is 53.6 Å². The summed E-state index contributed by atoms with van der Waals surface area (Å²) in [6.07, 6.45) is 1.20. The van der Waals surface area contributed by atoms with E-state index in [0.717, 1.165) is 9.99 Å². The van der Waals surface area contributed by atoms with Crippen LogP contribution in [0.15, 0.2) is 24.3 Å². The van der Waals surface area contributed by atoms with Gasteiger partial charge in [0.25, 0.3) is 0 Å². The number of carbonyl (C=O) groups is 1. The van der Waals surface area contributed by atoms with Crippen molar-refractivity contribution in [2.45, 2.75) is 32.3 Å². The zero-order valence-electron chi connectivity index (χ0n) is 9.98. The predicted molar refractivity (Wildman–Crippen MR) is 74.8 cm³/mol. The largest absolute Gasteiger partial charge is 0.481 e. The molecule has 0 radical (unpaired) electrons. The standard InChI is InChI=1S/C13H17IO3/c1-3-4-11(12(15)16)13(2,17)9-5-7-10(14)8-6-9/h5-8,11,17H,3-4H2,1-2H3,(H,15,16). The van der Waals surface area contributed by atoms with Crippen LogP contribution in [0.3, 0.4) is 0 Å². The van der Waals surface area contributed by atoms with Crippen molar-refractivity contribution in [3.05, 3.63) is 33.4 Å². The van der Waals surface area contributed by atoms with Crippen LogP contribution in [-0.4, -0.2) is 16.2 Å². The summed E-state index contributed by atoms with van der Waals surface area (Å²) in [6.45, 7) is 3.49. The van der Waals surface area contributed by atoms with E-state index in [4.69, 9.17) is 0 Å². The number of halogens is 1. The molecule has 1 aromatic rings. The maximum absolute atomic E-state index is 11.2. The summed E-state index contributed by atoms with van der Waals surface area (Å²) < 4.78 is 1.06. The fourth-order valence-electron chi connectivity index (χ4n) is 1.92. The van der Waals surface area contributed by atoms with Gasteiger partial charge in [-0.1, -0.05) is 25.5 Å². The summed E-state index contributed by atoms with van der Waals surface area (Å²) in [5, 5.41) is 19.6. The highest BCUT2D eigenvalue weighted by Crippen LogP contribution is 2.32. The van der Waals surface area contributed by atoms with Gasteiger partial charge >= 0.3 is 5.97 Å². The molecule has 4 heteroatoms. The molecule has 0 aliphatic carbocycles. The Balaban J connectivity index is 3.06. The second-order valence-electron chi connectivity index (χ2n) is 4.33. The SMILES string of the molecule is CCCC(C(=O)O)C(C)(O)c1ccc(I)cc1. The Morgan fingerprint density at radius 3 is 2.35 bits per heavy atom. The van der Waals surface area contributed by atoms with Crippen molar-refractivity contribution in [2.75, 3.05) is 0 Å². The molecule has 0 heterocycles. The molecule has 17 heavy (non-hydrogen) atoms. The minimum absolute atomic E-state index is 0.467. The zero-order valence-corrected chi connectivity index (χ0v) is 12.1. The molecule has 2 unspecified atom stereocenters. The molecule has 0 aromatic heterocycles. The van der Waals surface area contributed by atoms with Crippen LogP contribution in [0.1, 0.15) is 32.3 Å². The molecule has 0 spiro atoms. The Morgan fingerprint density at radius 2 is 1.94 bits per heavy atom. The highest BCUT2D eigenvalue weighted by molar-refractivity contribution is 14.1. The predicted octanol–water partition coefficient (Wildman–Crippen LogP) is 3.00. The molecule has 94 valence electrons. The van der Waals surface area contributed by atoms with E-state index >= 15 is 0 Å². The number of benzene rings is 1. The molecule has 0 aliphatic rings. The van der Waals surface area contributed by atoms with Crippen molar-refractivity contribution in [1.29, 1.82) is 0 Å². The van der Waals surface area contributed by atoms with Gasteiger partial charge in [0.2, 0.25) is 0 Å². The molecule has 3 nitrogen and oxygen atoms in total. The van der Waals surface area contributed by atoms with Crippen LogP contribution in [0.4, 0.5) is 0 Å². The molecule has 2 atom stereocenters. The lowest BCUT2D eigenvalue weighted by molar-refractivity contribution is -0.152. The monoisotopic (exact) mass is 348 g/mol. The van der Waals surface area contributed by atoms with Gasteiger partial charge in [0.05, 0.1) is 5.92 Å². The third-order valence-electron chi connectivity index (χ3n) is 2.98. The Hall–Kier alpha value is -0.620. The summed E-state index contributed by atoms with van der Waals surface area (Å²) in [6, 6.07) is 7.31. The number of carboxylic acids is 1. The molecule has 0 fully saturated rings. The normalized spacial score (nSPS) is 16.2. The molecule has 0 bridgehead atoms. The van der Waals surface area contributed by atoms with Gasteiger partial charge in [0.1, 0.15) is 5.60 Å². The molecule has 1 rings (SSSR count). The van der Waals surface area contributed by atoms with Gasteiger partial charge in [-0.15, -0.1) is 0 Å². The highest BCUT2D eigenvalue weighted by Gasteiger charge is 2.38. The van der Waals surface area contributed by atoms with Gasteiger partial charge in [-0.2, -0.15) is 0 Å². The lowest BCUT2D eigenvalue weighted by atomic mass is 9.80. The van der Waals surface area contributed by atoms with E-state index in [-0.39, 0.29) is 0 Å². The fourth-order valence-corrected chi connectivity index (χ4v) is 2.28. The van der Waals surface area contributed by atoms with Crippen LogP contribution in [0.25, 0.3) is 0 Å². The van der Waals surface area contributed by atoms with E-state index in [9.17, 15) is 15.0 Å². The summed E-state index contributed by atoms with van der Waals surface area (Å²) in [7, 11) is 0. The quantitative estimate of drug-likeness (QED) is 0.805.